The summed E-state index contributed by atoms with van der Waals surface area (Å²) >= 11 is 0. The van der Waals surface area contributed by atoms with Gasteiger partial charge in [0.1, 0.15) is 17.1 Å². The second-order valence-corrected chi connectivity index (χ2v) is 7.66. The molecule has 1 fully saturated rings. The Morgan fingerprint density at radius 3 is 2.37 bits per heavy atom. The molecule has 0 unspecified atom stereocenters. The highest BCUT2D eigenvalue weighted by atomic mass is 19.1. The van der Waals surface area contributed by atoms with Gasteiger partial charge in [-0.05, 0) is 66.6 Å². The average Bonchev–Trinajstić information content (AvgIpc) is 2.84. The molecule has 0 atom stereocenters. The molecule has 1 heterocycles. The molecule has 9 heteroatoms. The lowest BCUT2D eigenvalue weighted by molar-refractivity contribution is -0.122. The average molecular weight is 473 g/mol. The van der Waals surface area contributed by atoms with E-state index in [-0.39, 0.29) is 23.8 Å². The fourth-order valence-corrected chi connectivity index (χ4v) is 3.36. The SMILES string of the molecule is Cc1ccccc1NC(=O)COc1ccc(/C=C2\C(=O)NC(=O)N(c3ccc(F)cc3)C2=O)cc1. The van der Waals surface area contributed by atoms with Crippen LogP contribution in [0.5, 0.6) is 5.75 Å². The molecule has 176 valence electrons. The van der Waals surface area contributed by atoms with E-state index >= 15 is 0 Å². The van der Waals surface area contributed by atoms with Crippen molar-refractivity contribution in [3.63, 3.8) is 0 Å². The molecule has 35 heavy (non-hydrogen) atoms. The van der Waals surface area contributed by atoms with Crippen LogP contribution in [0.3, 0.4) is 0 Å². The molecule has 0 bridgehead atoms. The minimum absolute atomic E-state index is 0.125. The quantitative estimate of drug-likeness (QED) is 0.418. The zero-order chi connectivity index (χ0) is 24.9. The van der Waals surface area contributed by atoms with Gasteiger partial charge in [0.25, 0.3) is 17.7 Å². The maximum absolute atomic E-state index is 13.2. The minimum atomic E-state index is -0.920. The van der Waals surface area contributed by atoms with Gasteiger partial charge in [-0.2, -0.15) is 0 Å². The lowest BCUT2D eigenvalue weighted by Gasteiger charge is -2.26. The molecule has 2 N–H and O–H groups in total. The number of nitrogens with zero attached hydrogens (tertiary/aromatic N) is 1. The highest BCUT2D eigenvalue weighted by Crippen LogP contribution is 2.23. The number of imide groups is 2. The molecule has 0 saturated carbocycles. The van der Waals surface area contributed by atoms with Crippen LogP contribution in [-0.2, 0) is 14.4 Å². The third kappa shape index (κ3) is 5.41. The number of benzene rings is 3. The van der Waals surface area contributed by atoms with Gasteiger partial charge in [0.2, 0.25) is 0 Å². The second kappa shape index (κ2) is 10.0. The molecule has 1 aliphatic rings. The van der Waals surface area contributed by atoms with E-state index in [9.17, 15) is 23.6 Å². The van der Waals surface area contributed by atoms with Crippen molar-refractivity contribution in [1.82, 2.24) is 5.32 Å². The number of ether oxygens (including phenoxy) is 1. The lowest BCUT2D eigenvalue weighted by atomic mass is 10.1. The van der Waals surface area contributed by atoms with Gasteiger partial charge in [-0.3, -0.25) is 19.7 Å². The number of halogens is 1. The van der Waals surface area contributed by atoms with Crippen molar-refractivity contribution in [3.05, 3.63) is 95.3 Å². The number of amides is 5. The molecule has 3 aromatic rings. The molecule has 0 radical (unpaired) electrons. The monoisotopic (exact) mass is 473 g/mol. The van der Waals surface area contributed by atoms with Gasteiger partial charge >= 0.3 is 6.03 Å². The Kier molecular flexibility index (Phi) is 6.68. The number of nitrogens with one attached hydrogen (secondary N) is 2. The standard InChI is InChI=1S/C26H20FN3O5/c1-16-4-2-3-5-22(16)28-23(31)15-35-20-12-6-17(7-13-20)14-21-24(32)29-26(34)30(25(21)33)19-10-8-18(27)9-11-19/h2-14H,15H2,1H3,(H,28,31)(H,29,32,34)/b21-14+. The summed E-state index contributed by atoms with van der Waals surface area (Å²) in [5, 5.41) is 4.88. The van der Waals surface area contributed by atoms with Crippen LogP contribution in [0.25, 0.3) is 6.08 Å². The fraction of sp³-hybridized carbons (Fsp3) is 0.0769. The molecular formula is C26H20FN3O5. The normalized spacial score (nSPS) is 14.6. The molecule has 3 aromatic carbocycles. The van der Waals surface area contributed by atoms with E-state index in [4.69, 9.17) is 4.74 Å². The first-order valence-corrected chi connectivity index (χ1v) is 10.6. The Labute approximate surface area is 200 Å². The van der Waals surface area contributed by atoms with Crippen LogP contribution in [0, 0.1) is 12.7 Å². The summed E-state index contributed by atoms with van der Waals surface area (Å²) in [7, 11) is 0. The second-order valence-electron chi connectivity index (χ2n) is 7.66. The van der Waals surface area contributed by atoms with Crippen molar-refractivity contribution in [2.75, 3.05) is 16.8 Å². The first kappa shape index (κ1) is 23.4. The van der Waals surface area contributed by atoms with Crippen LogP contribution in [0.15, 0.2) is 78.4 Å². The van der Waals surface area contributed by atoms with Gasteiger partial charge in [0.15, 0.2) is 6.61 Å². The van der Waals surface area contributed by atoms with Gasteiger partial charge in [0.05, 0.1) is 5.69 Å². The van der Waals surface area contributed by atoms with Crippen LogP contribution in [-0.4, -0.2) is 30.4 Å². The van der Waals surface area contributed by atoms with E-state index in [0.29, 0.717) is 17.0 Å². The molecule has 0 aromatic heterocycles. The Balaban J connectivity index is 1.43. The number of aryl methyl sites for hydroxylation is 1. The van der Waals surface area contributed by atoms with Crippen molar-refractivity contribution < 1.29 is 28.3 Å². The lowest BCUT2D eigenvalue weighted by Crippen LogP contribution is -2.54. The van der Waals surface area contributed by atoms with Crippen LogP contribution in [0.4, 0.5) is 20.6 Å². The van der Waals surface area contributed by atoms with Crippen molar-refractivity contribution >= 4 is 41.2 Å². The van der Waals surface area contributed by atoms with Crippen molar-refractivity contribution in [3.8, 4) is 5.75 Å². The van der Waals surface area contributed by atoms with Gasteiger partial charge in [-0.1, -0.05) is 30.3 Å². The number of rotatable bonds is 6. The minimum Gasteiger partial charge on any atom is -0.484 e. The third-order valence-electron chi connectivity index (χ3n) is 5.17. The van der Waals surface area contributed by atoms with Crippen LogP contribution < -0.4 is 20.3 Å². The van der Waals surface area contributed by atoms with Gasteiger partial charge in [-0.25, -0.2) is 14.1 Å². The Hall–Kier alpha value is -4.79. The Morgan fingerprint density at radius 2 is 1.69 bits per heavy atom. The summed E-state index contributed by atoms with van der Waals surface area (Å²) in [5.41, 5.74) is 1.99. The first-order valence-electron chi connectivity index (χ1n) is 10.6. The summed E-state index contributed by atoms with van der Waals surface area (Å²) < 4.78 is 18.7. The molecule has 4 rings (SSSR count). The number of urea groups is 1. The predicted octanol–water partition coefficient (Wildman–Crippen LogP) is 3.82. The molecule has 5 amide bonds. The zero-order valence-corrected chi connectivity index (χ0v) is 18.6. The van der Waals surface area contributed by atoms with Gasteiger partial charge in [0, 0.05) is 5.69 Å². The summed E-state index contributed by atoms with van der Waals surface area (Å²) in [4.78, 5) is 50.3. The van der Waals surface area contributed by atoms with Crippen LogP contribution in [0.1, 0.15) is 11.1 Å². The highest BCUT2D eigenvalue weighted by molar-refractivity contribution is 6.39. The summed E-state index contributed by atoms with van der Waals surface area (Å²) in [6.07, 6.45) is 1.33. The van der Waals surface area contributed by atoms with Gasteiger partial charge < -0.3 is 10.1 Å². The molecule has 1 aliphatic heterocycles. The maximum Gasteiger partial charge on any atom is 0.335 e. The van der Waals surface area contributed by atoms with E-state index < -0.39 is 23.7 Å². The predicted molar refractivity (Wildman–Crippen MR) is 127 cm³/mol. The summed E-state index contributed by atoms with van der Waals surface area (Å²) in [6.45, 7) is 1.68. The zero-order valence-electron chi connectivity index (χ0n) is 18.6. The number of para-hydroxylation sites is 1. The van der Waals surface area contributed by atoms with Crippen LogP contribution >= 0.6 is 0 Å². The fourth-order valence-electron chi connectivity index (χ4n) is 3.36. The van der Waals surface area contributed by atoms with Crippen molar-refractivity contribution in [1.29, 1.82) is 0 Å². The number of carbonyl (C=O) groups excluding carboxylic acids is 4. The van der Waals surface area contributed by atoms with Gasteiger partial charge in [-0.15, -0.1) is 0 Å². The number of barbiturate groups is 1. The van der Waals surface area contributed by atoms with E-state index in [1.165, 1.54) is 18.2 Å². The van der Waals surface area contributed by atoms with Crippen LogP contribution in [0.2, 0.25) is 0 Å². The maximum atomic E-state index is 13.2. The summed E-state index contributed by atoms with van der Waals surface area (Å²) in [6, 6.07) is 17.6. The van der Waals surface area contributed by atoms with E-state index in [0.717, 1.165) is 22.6 Å². The highest BCUT2D eigenvalue weighted by Gasteiger charge is 2.36. The molecule has 1 saturated heterocycles. The topological polar surface area (TPSA) is 105 Å². The smallest absolute Gasteiger partial charge is 0.335 e. The van der Waals surface area contributed by atoms with E-state index in [1.807, 2.05) is 25.1 Å². The van der Waals surface area contributed by atoms with Crippen molar-refractivity contribution in [2.45, 2.75) is 6.92 Å². The largest absolute Gasteiger partial charge is 0.484 e. The first-order chi connectivity index (χ1) is 16.8. The molecule has 0 aliphatic carbocycles. The molecule has 8 nitrogen and oxygen atoms in total. The van der Waals surface area contributed by atoms with E-state index in [2.05, 4.69) is 10.6 Å². The number of carbonyl (C=O) groups is 4. The summed E-state index contributed by atoms with van der Waals surface area (Å²) in [5.74, 6) is -2.11. The Bertz CT molecular complexity index is 1330. The van der Waals surface area contributed by atoms with Crippen molar-refractivity contribution in [2.24, 2.45) is 0 Å². The molecule has 0 spiro atoms. The third-order valence-corrected chi connectivity index (χ3v) is 5.17. The number of anilines is 2. The number of hydrogen-bond donors (Lipinski definition) is 2. The van der Waals surface area contributed by atoms with E-state index in [1.54, 1.807) is 30.3 Å². The Morgan fingerprint density at radius 1 is 1.00 bits per heavy atom. The molecular weight excluding hydrogens is 453 g/mol. The number of hydrogen-bond acceptors (Lipinski definition) is 5.